The third-order valence-corrected chi connectivity index (χ3v) is 2.90. The number of anilines is 2. The second kappa shape index (κ2) is 5.36. The van der Waals surface area contributed by atoms with Crippen molar-refractivity contribution in [3.8, 4) is 11.8 Å². The van der Waals surface area contributed by atoms with Crippen molar-refractivity contribution >= 4 is 11.5 Å². The van der Waals surface area contributed by atoms with Gasteiger partial charge in [0.2, 0.25) is 0 Å². The van der Waals surface area contributed by atoms with Crippen molar-refractivity contribution in [3.63, 3.8) is 0 Å². The van der Waals surface area contributed by atoms with Gasteiger partial charge in [0, 0.05) is 11.8 Å². The van der Waals surface area contributed by atoms with Gasteiger partial charge in [0.05, 0.1) is 12.8 Å². The summed E-state index contributed by atoms with van der Waals surface area (Å²) >= 11 is 0. The van der Waals surface area contributed by atoms with Gasteiger partial charge in [-0.2, -0.15) is 10.4 Å². The van der Waals surface area contributed by atoms with Crippen LogP contribution in [0.4, 0.5) is 11.5 Å². The van der Waals surface area contributed by atoms with E-state index >= 15 is 0 Å². The number of hydrogen-bond donors (Lipinski definition) is 1. The average molecular weight is 254 g/mol. The molecular formula is C14H14N4O. The lowest BCUT2D eigenvalue weighted by molar-refractivity contribution is 0.415. The van der Waals surface area contributed by atoms with E-state index in [1.807, 2.05) is 38.1 Å². The van der Waals surface area contributed by atoms with E-state index in [1.54, 1.807) is 7.11 Å². The van der Waals surface area contributed by atoms with Crippen molar-refractivity contribution in [3.05, 3.63) is 41.1 Å². The monoisotopic (exact) mass is 254 g/mol. The quantitative estimate of drug-likeness (QED) is 0.911. The molecule has 1 heterocycles. The minimum absolute atomic E-state index is 0.457. The minimum Gasteiger partial charge on any atom is -0.497 e. The van der Waals surface area contributed by atoms with E-state index in [4.69, 9.17) is 4.74 Å². The molecule has 0 radical (unpaired) electrons. The molecule has 0 aliphatic heterocycles. The van der Waals surface area contributed by atoms with Crippen molar-refractivity contribution in [1.29, 1.82) is 5.26 Å². The fourth-order valence-electron chi connectivity index (χ4n) is 1.67. The number of nitrogens with zero attached hydrogens (tertiary/aromatic N) is 3. The van der Waals surface area contributed by atoms with E-state index in [9.17, 15) is 5.26 Å². The van der Waals surface area contributed by atoms with Gasteiger partial charge in [-0.15, -0.1) is 5.10 Å². The van der Waals surface area contributed by atoms with Crippen LogP contribution in [0, 0.1) is 25.2 Å². The Kier molecular flexibility index (Phi) is 3.62. The van der Waals surface area contributed by atoms with Gasteiger partial charge in [0.15, 0.2) is 5.82 Å². The third kappa shape index (κ3) is 2.63. The Morgan fingerprint density at radius 1 is 1.26 bits per heavy atom. The molecule has 0 atom stereocenters. The Balaban J connectivity index is 2.38. The molecule has 19 heavy (non-hydrogen) atoms. The molecule has 0 amide bonds. The van der Waals surface area contributed by atoms with Gasteiger partial charge in [-0.05, 0) is 31.5 Å². The van der Waals surface area contributed by atoms with Gasteiger partial charge >= 0.3 is 0 Å². The number of methoxy groups -OCH3 is 1. The molecule has 0 saturated heterocycles. The van der Waals surface area contributed by atoms with Gasteiger partial charge in [-0.3, -0.25) is 0 Å². The molecule has 0 unspecified atom stereocenters. The summed E-state index contributed by atoms with van der Waals surface area (Å²) in [6.07, 6.45) is 0. The van der Waals surface area contributed by atoms with E-state index in [0.717, 1.165) is 22.7 Å². The molecule has 96 valence electrons. The van der Waals surface area contributed by atoms with Crippen LogP contribution >= 0.6 is 0 Å². The van der Waals surface area contributed by atoms with E-state index in [1.165, 1.54) is 0 Å². The normalized spacial score (nSPS) is 9.79. The van der Waals surface area contributed by atoms with Crippen molar-refractivity contribution in [2.45, 2.75) is 13.8 Å². The largest absolute Gasteiger partial charge is 0.497 e. The van der Waals surface area contributed by atoms with Crippen LogP contribution in [0.1, 0.15) is 16.8 Å². The highest BCUT2D eigenvalue weighted by atomic mass is 16.5. The Morgan fingerprint density at radius 2 is 2.05 bits per heavy atom. The first kappa shape index (κ1) is 12.8. The summed E-state index contributed by atoms with van der Waals surface area (Å²) in [6, 6.07) is 9.58. The first-order valence-electron chi connectivity index (χ1n) is 5.80. The molecule has 0 bridgehead atoms. The Labute approximate surface area is 111 Å². The standard InChI is InChI=1S/C14H14N4O/c1-9-10(2)17-18-14(13(9)8-15)16-11-5-4-6-12(7-11)19-3/h4-7H,1-3H3,(H,16,18). The predicted molar refractivity (Wildman–Crippen MR) is 72.5 cm³/mol. The molecule has 2 aromatic rings. The molecule has 0 fully saturated rings. The first-order chi connectivity index (χ1) is 9.15. The molecule has 1 aromatic heterocycles. The number of aryl methyl sites for hydroxylation is 1. The van der Waals surface area contributed by atoms with Gasteiger partial charge in [0.1, 0.15) is 17.4 Å². The number of aromatic nitrogens is 2. The third-order valence-electron chi connectivity index (χ3n) is 2.90. The summed E-state index contributed by atoms with van der Waals surface area (Å²) in [5, 5.41) is 20.4. The molecule has 5 nitrogen and oxygen atoms in total. The number of ether oxygens (including phenoxy) is 1. The Morgan fingerprint density at radius 3 is 2.74 bits per heavy atom. The molecule has 0 aliphatic rings. The Bertz CT molecular complexity index is 646. The highest BCUT2D eigenvalue weighted by molar-refractivity contribution is 5.65. The van der Waals surface area contributed by atoms with Crippen LogP contribution in [-0.2, 0) is 0 Å². The number of benzene rings is 1. The van der Waals surface area contributed by atoms with Crippen LogP contribution < -0.4 is 10.1 Å². The molecular weight excluding hydrogens is 240 g/mol. The SMILES string of the molecule is COc1cccc(Nc2nnc(C)c(C)c2C#N)c1. The summed E-state index contributed by atoms with van der Waals surface area (Å²) in [5.41, 5.74) is 2.90. The molecule has 0 saturated carbocycles. The summed E-state index contributed by atoms with van der Waals surface area (Å²) in [7, 11) is 1.61. The van der Waals surface area contributed by atoms with E-state index in [2.05, 4.69) is 21.6 Å². The van der Waals surface area contributed by atoms with E-state index < -0.39 is 0 Å². The fraction of sp³-hybridized carbons (Fsp3) is 0.214. The second-order valence-corrected chi connectivity index (χ2v) is 4.10. The van der Waals surface area contributed by atoms with Crippen molar-refractivity contribution in [2.75, 3.05) is 12.4 Å². The van der Waals surface area contributed by atoms with E-state index in [0.29, 0.717) is 11.4 Å². The number of nitrogens with one attached hydrogen (secondary N) is 1. The number of hydrogen-bond acceptors (Lipinski definition) is 5. The molecule has 2 rings (SSSR count). The van der Waals surface area contributed by atoms with E-state index in [-0.39, 0.29) is 0 Å². The molecule has 0 aliphatic carbocycles. The zero-order valence-corrected chi connectivity index (χ0v) is 11.1. The van der Waals surface area contributed by atoms with Crippen LogP contribution in [0.25, 0.3) is 0 Å². The predicted octanol–water partition coefficient (Wildman–Crippen LogP) is 2.72. The van der Waals surface area contributed by atoms with Gasteiger partial charge in [-0.25, -0.2) is 0 Å². The van der Waals surface area contributed by atoms with Crippen LogP contribution in [-0.4, -0.2) is 17.3 Å². The molecule has 0 spiro atoms. The van der Waals surface area contributed by atoms with Crippen molar-refractivity contribution < 1.29 is 4.74 Å². The highest BCUT2D eigenvalue weighted by Gasteiger charge is 2.11. The van der Waals surface area contributed by atoms with Gasteiger partial charge < -0.3 is 10.1 Å². The topological polar surface area (TPSA) is 70.8 Å². The zero-order valence-electron chi connectivity index (χ0n) is 11.1. The maximum Gasteiger partial charge on any atom is 0.171 e. The van der Waals surface area contributed by atoms with Gasteiger partial charge in [0.25, 0.3) is 0 Å². The summed E-state index contributed by atoms with van der Waals surface area (Å²) in [4.78, 5) is 0. The molecule has 5 heteroatoms. The van der Waals surface area contributed by atoms with Crippen LogP contribution in [0.3, 0.4) is 0 Å². The number of nitriles is 1. The molecule has 1 aromatic carbocycles. The minimum atomic E-state index is 0.457. The summed E-state index contributed by atoms with van der Waals surface area (Å²) in [5.74, 6) is 1.19. The van der Waals surface area contributed by atoms with Gasteiger partial charge in [-0.1, -0.05) is 6.07 Å². The maximum atomic E-state index is 9.22. The highest BCUT2D eigenvalue weighted by Crippen LogP contribution is 2.23. The fourth-order valence-corrected chi connectivity index (χ4v) is 1.67. The van der Waals surface area contributed by atoms with Crippen molar-refractivity contribution in [2.24, 2.45) is 0 Å². The second-order valence-electron chi connectivity index (χ2n) is 4.10. The zero-order chi connectivity index (χ0) is 13.8. The molecule has 1 N–H and O–H groups in total. The van der Waals surface area contributed by atoms with Crippen LogP contribution in [0.5, 0.6) is 5.75 Å². The Hall–Kier alpha value is -2.61. The van der Waals surface area contributed by atoms with Crippen molar-refractivity contribution in [1.82, 2.24) is 10.2 Å². The smallest absolute Gasteiger partial charge is 0.171 e. The first-order valence-corrected chi connectivity index (χ1v) is 5.80. The number of rotatable bonds is 3. The lowest BCUT2D eigenvalue weighted by Gasteiger charge is -2.10. The maximum absolute atomic E-state index is 9.22. The van der Waals surface area contributed by atoms with Crippen LogP contribution in [0.15, 0.2) is 24.3 Å². The average Bonchev–Trinajstić information content (AvgIpc) is 2.43. The summed E-state index contributed by atoms with van der Waals surface area (Å²) < 4.78 is 5.15. The lowest BCUT2D eigenvalue weighted by atomic mass is 10.1. The van der Waals surface area contributed by atoms with Crippen LogP contribution in [0.2, 0.25) is 0 Å². The lowest BCUT2D eigenvalue weighted by Crippen LogP contribution is -2.03. The summed E-state index contributed by atoms with van der Waals surface area (Å²) in [6.45, 7) is 3.69.